The molecular formula is C24H39NO4. The number of hydrogen-bond donors (Lipinski definition) is 0. The first-order valence-electron chi connectivity index (χ1n) is 9.97. The third-order valence-corrected chi connectivity index (χ3v) is 4.97. The summed E-state index contributed by atoms with van der Waals surface area (Å²) in [6, 6.07) is 0. The molecule has 5 nitrogen and oxygen atoms in total. The molecule has 0 saturated heterocycles. The van der Waals surface area contributed by atoms with Crippen molar-refractivity contribution in [2.45, 2.75) is 70.9 Å². The summed E-state index contributed by atoms with van der Waals surface area (Å²) < 4.78 is 22.7. The van der Waals surface area contributed by atoms with Crippen LogP contribution in [0, 0.1) is 6.57 Å². The summed E-state index contributed by atoms with van der Waals surface area (Å²) >= 11 is 0. The van der Waals surface area contributed by atoms with E-state index in [-0.39, 0.29) is 24.4 Å². The zero-order valence-electron chi connectivity index (χ0n) is 19.2. The summed E-state index contributed by atoms with van der Waals surface area (Å²) in [5.74, 6) is 0. The smallest absolute Gasteiger partial charge is 0.162 e. The van der Waals surface area contributed by atoms with Crippen molar-refractivity contribution in [3.05, 3.63) is 59.1 Å². The van der Waals surface area contributed by atoms with Gasteiger partial charge in [-0.3, -0.25) is 0 Å². The van der Waals surface area contributed by atoms with Gasteiger partial charge in [0.15, 0.2) is 5.70 Å². The van der Waals surface area contributed by atoms with Crippen LogP contribution in [-0.2, 0) is 18.9 Å². The molecule has 0 spiro atoms. The predicted molar refractivity (Wildman–Crippen MR) is 120 cm³/mol. The van der Waals surface area contributed by atoms with Crippen LogP contribution in [0.25, 0.3) is 4.85 Å². The summed E-state index contributed by atoms with van der Waals surface area (Å²) in [6.45, 7) is 16.7. The lowest BCUT2D eigenvalue weighted by atomic mass is 9.96. The second kappa shape index (κ2) is 16.1. The topological polar surface area (TPSA) is 41.3 Å². The molecule has 0 aliphatic rings. The van der Waals surface area contributed by atoms with Crippen molar-refractivity contribution in [1.29, 1.82) is 0 Å². The van der Waals surface area contributed by atoms with E-state index in [2.05, 4.69) is 24.4 Å². The summed E-state index contributed by atoms with van der Waals surface area (Å²) in [7, 11) is 6.89. The average Bonchev–Trinajstić information content (AvgIpc) is 2.73. The first kappa shape index (κ1) is 27.3. The van der Waals surface area contributed by atoms with Crippen LogP contribution >= 0.6 is 0 Å². The molecule has 0 aromatic carbocycles. The van der Waals surface area contributed by atoms with Crippen molar-refractivity contribution in [2.24, 2.45) is 0 Å². The van der Waals surface area contributed by atoms with Gasteiger partial charge in [0.2, 0.25) is 0 Å². The number of hydrogen-bond acceptors (Lipinski definition) is 4. The monoisotopic (exact) mass is 405 g/mol. The lowest BCUT2D eigenvalue weighted by Gasteiger charge is -2.27. The molecule has 0 bridgehead atoms. The van der Waals surface area contributed by atoms with E-state index in [4.69, 9.17) is 25.5 Å². The van der Waals surface area contributed by atoms with Gasteiger partial charge in [-0.1, -0.05) is 29.9 Å². The lowest BCUT2D eigenvalue weighted by molar-refractivity contribution is -0.0263. The highest BCUT2D eigenvalue weighted by Crippen LogP contribution is 2.22. The van der Waals surface area contributed by atoms with Crippen molar-refractivity contribution in [3.8, 4) is 0 Å². The Bertz CT molecular complexity index is 600. The van der Waals surface area contributed by atoms with E-state index >= 15 is 0 Å². The molecule has 0 aliphatic carbocycles. The van der Waals surface area contributed by atoms with Crippen molar-refractivity contribution in [3.63, 3.8) is 0 Å². The fraction of sp³-hybridized carbons (Fsp3) is 0.625. The first-order valence-corrected chi connectivity index (χ1v) is 9.97. The van der Waals surface area contributed by atoms with Gasteiger partial charge in [-0.15, -0.1) is 6.58 Å². The molecule has 0 rings (SSSR count). The van der Waals surface area contributed by atoms with Crippen LogP contribution in [0.15, 0.2) is 47.7 Å². The summed E-state index contributed by atoms with van der Waals surface area (Å²) in [4.78, 5) is 3.39. The molecule has 0 aromatic heterocycles. The number of ether oxygens (including phenoxy) is 4. The Morgan fingerprint density at radius 3 is 1.90 bits per heavy atom. The van der Waals surface area contributed by atoms with E-state index in [1.165, 1.54) is 0 Å². The molecule has 0 saturated carbocycles. The molecular weight excluding hydrogens is 366 g/mol. The van der Waals surface area contributed by atoms with Gasteiger partial charge in [-0.2, -0.15) is 0 Å². The highest BCUT2D eigenvalue weighted by atomic mass is 16.5. The number of allylic oxidation sites excluding steroid dienone is 5. The summed E-state index contributed by atoms with van der Waals surface area (Å²) in [5.41, 5.74) is 2.85. The molecule has 0 aromatic rings. The molecule has 0 heterocycles. The fourth-order valence-corrected chi connectivity index (χ4v) is 3.13. The highest BCUT2D eigenvalue weighted by Gasteiger charge is 2.23. The second-order valence-corrected chi connectivity index (χ2v) is 7.25. The van der Waals surface area contributed by atoms with Gasteiger partial charge in [0, 0.05) is 41.3 Å². The average molecular weight is 406 g/mol. The van der Waals surface area contributed by atoms with Gasteiger partial charge in [-0.25, -0.2) is 4.85 Å². The van der Waals surface area contributed by atoms with Crippen LogP contribution in [0.5, 0.6) is 0 Å². The second-order valence-electron chi connectivity index (χ2n) is 7.25. The minimum Gasteiger partial charge on any atom is -0.381 e. The molecule has 5 heteroatoms. The molecule has 4 atom stereocenters. The molecule has 0 fully saturated rings. The van der Waals surface area contributed by atoms with Gasteiger partial charge in [0.1, 0.15) is 0 Å². The van der Waals surface area contributed by atoms with Crippen LogP contribution in [0.1, 0.15) is 46.5 Å². The maximum atomic E-state index is 7.00. The Balaban J connectivity index is 5.10. The van der Waals surface area contributed by atoms with Crippen molar-refractivity contribution < 1.29 is 18.9 Å². The molecule has 0 aliphatic heterocycles. The van der Waals surface area contributed by atoms with Crippen LogP contribution in [0.4, 0.5) is 0 Å². The largest absolute Gasteiger partial charge is 0.381 e. The zero-order valence-corrected chi connectivity index (χ0v) is 19.2. The summed E-state index contributed by atoms with van der Waals surface area (Å²) in [6.07, 6.45) is 10.9. The van der Waals surface area contributed by atoms with E-state index in [0.717, 1.165) is 36.8 Å². The van der Waals surface area contributed by atoms with Crippen LogP contribution in [-0.4, -0.2) is 52.9 Å². The molecule has 0 unspecified atom stereocenters. The van der Waals surface area contributed by atoms with Crippen molar-refractivity contribution in [2.75, 3.05) is 28.4 Å². The molecule has 29 heavy (non-hydrogen) atoms. The number of methoxy groups -OCH3 is 4. The quantitative estimate of drug-likeness (QED) is 0.205. The maximum Gasteiger partial charge on any atom is 0.162 e. The first-order chi connectivity index (χ1) is 13.8. The van der Waals surface area contributed by atoms with E-state index < -0.39 is 0 Å². The van der Waals surface area contributed by atoms with E-state index in [1.807, 2.05) is 25.2 Å². The summed E-state index contributed by atoms with van der Waals surface area (Å²) in [5, 5.41) is 0. The highest BCUT2D eigenvalue weighted by molar-refractivity contribution is 5.28. The number of rotatable bonds is 15. The standard InChI is InChI=1S/C24H39NO4/c1-10-11-21(26-6)15-22(27-7)16-23(28-8)17-24(29-9)19(3)14-18(2)12-13-20(4)25-5/h10,12-14,21-24H,1,11,15-17H2,2-4,6-9H3/b18-12-,19-14+,20-13+/t21-,22-,23-,24-/m0/s1. The van der Waals surface area contributed by atoms with Crippen LogP contribution in [0.3, 0.4) is 0 Å². The maximum absolute atomic E-state index is 7.00. The van der Waals surface area contributed by atoms with Crippen LogP contribution in [0.2, 0.25) is 0 Å². The van der Waals surface area contributed by atoms with Crippen molar-refractivity contribution >= 4 is 0 Å². The van der Waals surface area contributed by atoms with Gasteiger partial charge < -0.3 is 18.9 Å². The fourth-order valence-electron chi connectivity index (χ4n) is 3.13. The minimum absolute atomic E-state index is 0.00280. The Morgan fingerprint density at radius 1 is 0.862 bits per heavy atom. The molecule has 164 valence electrons. The van der Waals surface area contributed by atoms with E-state index in [1.54, 1.807) is 35.4 Å². The van der Waals surface area contributed by atoms with Crippen molar-refractivity contribution in [1.82, 2.24) is 0 Å². The van der Waals surface area contributed by atoms with Gasteiger partial charge in [-0.05, 0) is 39.2 Å². The minimum atomic E-state index is -0.0573. The Morgan fingerprint density at radius 2 is 1.41 bits per heavy atom. The Hall–Kier alpha value is -1.71. The van der Waals surface area contributed by atoms with Crippen LogP contribution < -0.4 is 0 Å². The Labute approximate surface area is 177 Å². The lowest BCUT2D eigenvalue weighted by Crippen LogP contribution is -2.30. The predicted octanol–water partition coefficient (Wildman–Crippen LogP) is 5.51. The normalized spacial score (nSPS) is 17.4. The molecule has 0 N–H and O–H groups in total. The van der Waals surface area contributed by atoms with E-state index in [9.17, 15) is 0 Å². The van der Waals surface area contributed by atoms with Gasteiger partial charge >= 0.3 is 0 Å². The number of nitrogens with zero attached hydrogens (tertiary/aromatic N) is 1. The third-order valence-electron chi connectivity index (χ3n) is 4.97. The van der Waals surface area contributed by atoms with E-state index in [0.29, 0.717) is 5.70 Å². The molecule has 0 radical (unpaired) electrons. The third kappa shape index (κ3) is 11.8. The SMILES string of the molecule is [C-]#[N+]/C(C)=C/C=C(C)\C=C(/C)[C@H](C[C@H](C[C@H](C[C@H](CC=C)OC)OC)OC)OC. The van der Waals surface area contributed by atoms with Gasteiger partial charge in [0.25, 0.3) is 0 Å². The Kier molecular flexibility index (Phi) is 15.2. The zero-order chi connectivity index (χ0) is 22.2. The molecule has 0 amide bonds. The van der Waals surface area contributed by atoms with Gasteiger partial charge in [0.05, 0.1) is 31.0 Å².